The lowest BCUT2D eigenvalue weighted by Gasteiger charge is -2.31. The first-order chi connectivity index (χ1) is 62.8. The highest BCUT2D eigenvalue weighted by Crippen LogP contribution is 2.40. The van der Waals surface area contributed by atoms with Crippen molar-refractivity contribution < 1.29 is 50.5 Å². The minimum absolute atomic E-state index is 0. The molecule has 32 heteroatoms. The lowest BCUT2D eigenvalue weighted by molar-refractivity contribution is -0.116. The summed E-state index contributed by atoms with van der Waals surface area (Å²) in [6.07, 6.45) is 10.7. The standard InChI is InChI=1S/2C23H32N6O2.2C22H30N6O2.CH4/c2*1-3-4-12-31-23-26-21(24)20-22(27-23)29(15-19(30)25-20)14-17-8-7-9-18(13-17)16(2)28-10-5-6-11-28;2*1-2-3-11-30-22-25-20(23)19-21(26-22)28(15-18(29)24-19)14-17-8-6-7-16(12-17)13-27-9-4-5-10-27;/h2*7-9,13,16H,3-6,10-12,14-15H2,1-2H3,(H,25,30)(H2,24,26,27);2*6-8,12H,2-5,9-11,13-15H2,1H3,(H,24,29)(H2,23,25,26);1H4/i16D;;6D,7D,8D,12D;4D2,5D2;. The van der Waals surface area contributed by atoms with Crippen LogP contribution in [0.4, 0.5) is 69.3 Å². The molecule has 32 nitrogen and oxygen atoms in total. The number of unbranched alkanes of at least 4 members (excludes halogenated alkanes) is 4. The van der Waals surface area contributed by atoms with Crippen molar-refractivity contribution >= 4 is 92.9 Å². The van der Waals surface area contributed by atoms with Crippen LogP contribution in [0.2, 0.25) is 0 Å². The molecule has 0 bridgehead atoms. The third kappa shape index (κ3) is 24.9. The van der Waals surface area contributed by atoms with Crippen molar-refractivity contribution in [2.45, 2.75) is 203 Å². The van der Waals surface area contributed by atoms with Crippen LogP contribution >= 0.6 is 0 Å². The summed E-state index contributed by atoms with van der Waals surface area (Å²) in [5, 5.41) is 11.0. The number of hydrogen-bond donors (Lipinski definition) is 8. The summed E-state index contributed by atoms with van der Waals surface area (Å²) in [6.45, 7) is 23.2. The van der Waals surface area contributed by atoms with Gasteiger partial charge in [0, 0.05) is 56.8 Å². The quantitative estimate of drug-likeness (QED) is 0.0182. The number of nitrogens with one attached hydrogen (secondary N) is 4. The van der Waals surface area contributed by atoms with Gasteiger partial charge in [-0.1, -0.05) is 158 Å². The molecule has 4 aromatic heterocycles. The van der Waals surface area contributed by atoms with Crippen LogP contribution in [0.5, 0.6) is 24.0 Å². The summed E-state index contributed by atoms with van der Waals surface area (Å²) in [4.78, 5) is 100. The number of ether oxygens (including phenoxy) is 4. The van der Waals surface area contributed by atoms with Crippen LogP contribution in [0.1, 0.15) is 221 Å². The van der Waals surface area contributed by atoms with Crippen LogP contribution in [0.15, 0.2) is 97.0 Å². The molecule has 8 aromatic rings. The van der Waals surface area contributed by atoms with E-state index in [-0.39, 0.29) is 160 Å². The second-order valence-corrected chi connectivity index (χ2v) is 31.7. The van der Waals surface area contributed by atoms with E-state index in [1.165, 1.54) is 18.4 Å². The Morgan fingerprint density at radius 1 is 0.407 bits per heavy atom. The average Bonchev–Trinajstić information content (AvgIpc) is 1.37. The Morgan fingerprint density at radius 2 is 0.715 bits per heavy atom. The van der Waals surface area contributed by atoms with Crippen molar-refractivity contribution in [1.29, 1.82) is 0 Å². The first-order valence-corrected chi connectivity index (χ1v) is 43.0. The molecular weight excluding hydrogens is 1560 g/mol. The molecule has 2 atom stereocenters. The molecular formula is C91H128N24O8. The Morgan fingerprint density at radius 3 is 1.11 bits per heavy atom. The van der Waals surface area contributed by atoms with E-state index in [1.54, 1.807) is 9.80 Å². The molecule has 4 aromatic carbocycles. The molecule has 16 rings (SSSR count). The van der Waals surface area contributed by atoms with Crippen LogP contribution in [-0.4, -0.2) is 188 Å². The summed E-state index contributed by atoms with van der Waals surface area (Å²) in [7, 11) is 0. The van der Waals surface area contributed by atoms with Crippen LogP contribution < -0.4 is 82.7 Å². The van der Waals surface area contributed by atoms with Crippen molar-refractivity contribution in [2.24, 2.45) is 0 Å². The molecule has 12 heterocycles. The van der Waals surface area contributed by atoms with Gasteiger partial charge in [0.15, 0.2) is 46.5 Å². The summed E-state index contributed by atoms with van der Waals surface area (Å²) >= 11 is 0. The number of carbonyl (C=O) groups excluding carboxylic acids is 4. The van der Waals surface area contributed by atoms with E-state index in [9.17, 15) is 19.2 Å². The minimum Gasteiger partial charge on any atom is -0.463 e. The molecule has 4 amide bonds. The third-order valence-corrected chi connectivity index (χ3v) is 22.1. The fourth-order valence-electron chi connectivity index (χ4n) is 15.5. The van der Waals surface area contributed by atoms with Crippen molar-refractivity contribution in [3.8, 4) is 24.0 Å². The molecule has 0 radical (unpaired) electrons. The van der Waals surface area contributed by atoms with Crippen molar-refractivity contribution in [1.82, 2.24) is 59.5 Å². The fourth-order valence-corrected chi connectivity index (χ4v) is 15.5. The van der Waals surface area contributed by atoms with E-state index >= 15 is 0 Å². The molecule has 0 spiro atoms. The number of nitrogen functional groups attached to an aromatic ring is 4. The van der Waals surface area contributed by atoms with E-state index < -0.39 is 18.8 Å². The summed E-state index contributed by atoms with van der Waals surface area (Å²) in [6, 6.07) is 24.4. The van der Waals surface area contributed by atoms with Gasteiger partial charge in [0.25, 0.3) is 0 Å². The number of nitrogens with zero attached hydrogens (tertiary/aromatic N) is 16. The maximum absolute atomic E-state index is 12.4. The highest BCUT2D eigenvalue weighted by atomic mass is 16.5. The second-order valence-electron chi connectivity index (χ2n) is 31.7. The number of carbonyl (C=O) groups is 4. The Hall–Kier alpha value is -11.5. The minimum atomic E-state index is -1.88. The van der Waals surface area contributed by atoms with Gasteiger partial charge in [0.05, 0.1) is 59.5 Å². The van der Waals surface area contributed by atoms with E-state index in [4.69, 9.17) is 54.2 Å². The van der Waals surface area contributed by atoms with Gasteiger partial charge in [-0.25, -0.2) is 0 Å². The van der Waals surface area contributed by atoms with E-state index in [1.807, 2.05) is 71.0 Å². The number of aromatic nitrogens is 8. The average molecular weight is 1700 g/mol. The second kappa shape index (κ2) is 44.5. The number of benzene rings is 4. The number of fused-ring (bicyclic) bond motifs is 4. The van der Waals surface area contributed by atoms with Gasteiger partial charge in [-0.05, 0) is 188 Å². The Balaban J connectivity index is 0.000000159. The van der Waals surface area contributed by atoms with Gasteiger partial charge < -0.3 is 82.7 Å². The maximum Gasteiger partial charge on any atom is 0.320 e. The van der Waals surface area contributed by atoms with Gasteiger partial charge in [-0.15, -0.1) is 0 Å². The van der Waals surface area contributed by atoms with E-state index in [0.717, 1.165) is 144 Å². The van der Waals surface area contributed by atoms with E-state index in [2.05, 4.69) is 134 Å². The molecule has 12 N–H and O–H groups in total. The molecule has 4 fully saturated rings. The van der Waals surface area contributed by atoms with Gasteiger partial charge in [0.2, 0.25) is 23.6 Å². The number of amides is 4. The number of rotatable bonds is 32. The Labute approximate surface area is 737 Å². The zero-order valence-corrected chi connectivity index (χ0v) is 71.2. The summed E-state index contributed by atoms with van der Waals surface area (Å²) in [5.41, 5.74) is 32.9. The maximum atomic E-state index is 12.4. The van der Waals surface area contributed by atoms with Crippen LogP contribution in [-0.2, 0) is 58.4 Å². The molecule has 8 aliphatic heterocycles. The Kier molecular flexibility index (Phi) is 28.5. The lowest BCUT2D eigenvalue weighted by Crippen LogP contribution is -2.39. The normalized spacial score (nSPS) is 18.9. The zero-order valence-electron chi connectivity index (χ0n) is 80.2. The lowest BCUT2D eigenvalue weighted by atomic mass is 10.0. The van der Waals surface area contributed by atoms with Crippen molar-refractivity contribution in [3.63, 3.8) is 0 Å². The third-order valence-electron chi connectivity index (χ3n) is 22.1. The number of nitrogens with two attached hydrogens (primary N) is 4. The molecule has 2 unspecified atom stereocenters. The molecule has 123 heavy (non-hydrogen) atoms. The van der Waals surface area contributed by atoms with Crippen molar-refractivity contribution in [2.75, 3.05) is 169 Å². The largest absolute Gasteiger partial charge is 0.463 e. The topological polar surface area (TPSA) is 386 Å². The van der Waals surface area contributed by atoms with Gasteiger partial charge in [-0.2, -0.15) is 39.9 Å². The predicted octanol–water partition coefficient (Wildman–Crippen LogP) is 12.9. The molecule has 8 aliphatic rings. The zero-order chi connectivity index (χ0) is 93.4. The highest BCUT2D eigenvalue weighted by molar-refractivity contribution is 6.05. The van der Waals surface area contributed by atoms with E-state index in [0.29, 0.717) is 111 Å². The Bertz CT molecular complexity index is 5350. The SMILES string of the molecule is C.CCCCOc1nc(N)c2c(n1)N(Cc1cccc(C(C)N3CCCC3)c1)CC(=O)N2.[2H]C(C)(c1cccc(CN2CC(=O)Nc3c(N)nc(OCCCC)nc32)c1)N1CCCC1.[2H]C1([2H])CN(Cc2cccc(CN3CC(=O)Nc4c(N)nc(OCCCC)nc43)c2)CC1([2H])[2H].[2H]c1c([2H])c(CN2CCCC2)c([2H])c(CN2CC(=O)Nc3c(N)nc(OCCCC)nc32)c1[2H]. The molecule has 0 aliphatic carbocycles. The first-order valence-electron chi connectivity index (χ1n) is 47.5. The van der Waals surface area contributed by atoms with Gasteiger partial charge >= 0.3 is 24.0 Å². The van der Waals surface area contributed by atoms with Crippen LogP contribution in [0.25, 0.3) is 0 Å². The van der Waals surface area contributed by atoms with Gasteiger partial charge in [0.1, 0.15) is 22.7 Å². The summed E-state index contributed by atoms with van der Waals surface area (Å²) in [5.74, 6) is 1.86. The van der Waals surface area contributed by atoms with Crippen LogP contribution in [0.3, 0.4) is 0 Å². The van der Waals surface area contributed by atoms with Crippen molar-refractivity contribution in [3.05, 3.63) is 141 Å². The van der Waals surface area contributed by atoms with Crippen LogP contribution in [0, 0.1) is 0 Å². The number of anilines is 12. The van der Waals surface area contributed by atoms with Gasteiger partial charge in [-0.3, -0.25) is 38.8 Å². The number of hydrogen-bond acceptors (Lipinski definition) is 28. The highest BCUT2D eigenvalue weighted by Gasteiger charge is 2.34. The number of likely N-dealkylation sites (tertiary alicyclic amines) is 4. The predicted molar refractivity (Wildman–Crippen MR) is 486 cm³/mol. The molecule has 4 saturated heterocycles. The molecule has 660 valence electrons. The monoisotopic (exact) mass is 1690 g/mol. The first kappa shape index (κ1) is 78.8. The fraction of sp³-hybridized carbons (Fsp3) is 0.516. The summed E-state index contributed by atoms with van der Waals surface area (Å²) < 4.78 is 97.3. The molecule has 0 saturated carbocycles. The smallest absolute Gasteiger partial charge is 0.320 e.